The summed E-state index contributed by atoms with van der Waals surface area (Å²) in [6.45, 7) is -3.23. The highest BCUT2D eigenvalue weighted by atomic mass is 35.5. The summed E-state index contributed by atoms with van der Waals surface area (Å²) in [6.07, 6.45) is 0.736. The average molecular weight is 416 g/mol. The Labute approximate surface area is 169 Å². The summed E-state index contributed by atoms with van der Waals surface area (Å²) >= 11 is 6.23. The molecule has 1 atom stereocenters. The minimum Gasteiger partial charge on any atom is -0.432 e. The van der Waals surface area contributed by atoms with Gasteiger partial charge in [-0.05, 0) is 35.4 Å². The van der Waals surface area contributed by atoms with E-state index < -0.39 is 24.1 Å². The molecule has 0 aliphatic carbocycles. The fraction of sp³-hybridized carbons (Fsp3) is 0.0909. The summed E-state index contributed by atoms with van der Waals surface area (Å²) in [5, 5.41) is 9.46. The van der Waals surface area contributed by atoms with E-state index in [1.807, 2.05) is 12.1 Å². The Balaban J connectivity index is 2.19. The van der Waals surface area contributed by atoms with E-state index in [1.54, 1.807) is 30.3 Å². The number of hydrogen-bond acceptors (Lipinski definition) is 3. The van der Waals surface area contributed by atoms with Crippen LogP contribution in [0, 0.1) is 17.1 Å². The number of benzene rings is 3. The van der Waals surface area contributed by atoms with Gasteiger partial charge in [0.2, 0.25) is 0 Å². The first-order valence-electron chi connectivity index (χ1n) is 8.43. The van der Waals surface area contributed by atoms with Gasteiger partial charge >= 0.3 is 6.61 Å². The molecule has 0 saturated heterocycles. The Morgan fingerprint density at radius 3 is 2.38 bits per heavy atom. The molecule has 0 aliphatic heterocycles. The predicted molar refractivity (Wildman–Crippen MR) is 103 cm³/mol. The lowest BCUT2D eigenvalue weighted by Crippen LogP contribution is -2.06. The SMILES string of the molecule is N#Cc1ccc(OC(F)F)c(F)c1-c1cc(C(C=O)c2ccccc2)ccc1Cl. The number of alkyl halides is 2. The maximum Gasteiger partial charge on any atom is 0.387 e. The molecule has 0 amide bonds. The first-order chi connectivity index (χ1) is 14.0. The molecular formula is C22H13ClF3NO2. The molecule has 0 radical (unpaired) electrons. The Morgan fingerprint density at radius 2 is 1.76 bits per heavy atom. The van der Waals surface area contributed by atoms with E-state index in [9.17, 15) is 23.2 Å². The van der Waals surface area contributed by atoms with E-state index in [0.29, 0.717) is 11.1 Å². The third kappa shape index (κ3) is 4.25. The van der Waals surface area contributed by atoms with Crippen LogP contribution in [0.1, 0.15) is 22.6 Å². The van der Waals surface area contributed by atoms with Gasteiger partial charge in [-0.15, -0.1) is 0 Å². The number of rotatable bonds is 6. The van der Waals surface area contributed by atoms with Gasteiger partial charge in [-0.2, -0.15) is 14.0 Å². The number of hydrogen-bond donors (Lipinski definition) is 0. The van der Waals surface area contributed by atoms with Crippen molar-refractivity contribution in [2.75, 3.05) is 0 Å². The molecule has 3 nitrogen and oxygen atoms in total. The highest BCUT2D eigenvalue weighted by Crippen LogP contribution is 2.39. The van der Waals surface area contributed by atoms with Crippen LogP contribution in [0.3, 0.4) is 0 Å². The quantitative estimate of drug-likeness (QED) is 0.467. The van der Waals surface area contributed by atoms with Crippen LogP contribution in [-0.4, -0.2) is 12.9 Å². The molecule has 146 valence electrons. The Bertz CT molecular complexity index is 1080. The molecule has 0 aliphatic rings. The van der Waals surface area contributed by atoms with Crippen molar-refractivity contribution in [3.8, 4) is 22.9 Å². The summed E-state index contributed by atoms with van der Waals surface area (Å²) in [7, 11) is 0. The van der Waals surface area contributed by atoms with Crippen molar-refractivity contribution in [3.63, 3.8) is 0 Å². The molecule has 0 aromatic heterocycles. The summed E-state index contributed by atoms with van der Waals surface area (Å²) in [6, 6.07) is 17.4. The molecule has 29 heavy (non-hydrogen) atoms. The fourth-order valence-electron chi connectivity index (χ4n) is 3.04. The molecule has 0 saturated carbocycles. The van der Waals surface area contributed by atoms with Crippen molar-refractivity contribution >= 4 is 17.9 Å². The number of carbonyl (C=O) groups excluding carboxylic acids is 1. The van der Waals surface area contributed by atoms with Crippen LogP contribution in [-0.2, 0) is 4.79 Å². The maximum absolute atomic E-state index is 14.9. The lowest BCUT2D eigenvalue weighted by Gasteiger charge is -2.16. The third-order valence-corrected chi connectivity index (χ3v) is 4.69. The summed E-state index contributed by atoms with van der Waals surface area (Å²) in [4.78, 5) is 11.7. The Morgan fingerprint density at radius 1 is 1.03 bits per heavy atom. The standard InChI is InChI=1S/C22H13ClF3NO2/c23-18-8-6-14(17(12-28)13-4-2-1-3-5-13)10-16(18)20-15(11-27)7-9-19(21(20)24)29-22(25)26/h1-10,12,17,22H. The van der Waals surface area contributed by atoms with Gasteiger partial charge in [-0.1, -0.05) is 48.0 Å². The molecule has 3 aromatic rings. The highest BCUT2D eigenvalue weighted by molar-refractivity contribution is 6.33. The van der Waals surface area contributed by atoms with Crippen molar-refractivity contribution in [3.05, 3.63) is 88.2 Å². The summed E-state index contributed by atoms with van der Waals surface area (Å²) in [5.74, 6) is -2.49. The predicted octanol–water partition coefficient (Wildman–Crippen LogP) is 5.95. The number of ether oxygens (including phenoxy) is 1. The van der Waals surface area contributed by atoms with Gasteiger partial charge in [0.05, 0.1) is 17.6 Å². The van der Waals surface area contributed by atoms with Crippen LogP contribution < -0.4 is 4.74 Å². The van der Waals surface area contributed by atoms with Gasteiger partial charge in [-0.3, -0.25) is 0 Å². The molecule has 7 heteroatoms. The van der Waals surface area contributed by atoms with Gasteiger partial charge in [0.25, 0.3) is 0 Å². The molecule has 3 aromatic carbocycles. The van der Waals surface area contributed by atoms with E-state index >= 15 is 0 Å². The molecule has 0 heterocycles. The van der Waals surface area contributed by atoms with Crippen LogP contribution in [0.25, 0.3) is 11.1 Å². The number of halogens is 4. The zero-order valence-corrected chi connectivity index (χ0v) is 15.5. The molecule has 0 bridgehead atoms. The zero-order chi connectivity index (χ0) is 21.0. The lowest BCUT2D eigenvalue weighted by atomic mass is 9.89. The van der Waals surface area contributed by atoms with E-state index in [1.165, 1.54) is 18.2 Å². The van der Waals surface area contributed by atoms with E-state index in [0.717, 1.165) is 12.4 Å². The number of nitrogens with zero attached hydrogens (tertiary/aromatic N) is 1. The molecule has 0 fully saturated rings. The van der Waals surface area contributed by atoms with Crippen LogP contribution >= 0.6 is 11.6 Å². The molecule has 0 N–H and O–H groups in total. The van der Waals surface area contributed by atoms with Crippen LogP contribution in [0.2, 0.25) is 5.02 Å². The molecule has 1 unspecified atom stereocenters. The zero-order valence-electron chi connectivity index (χ0n) is 14.8. The van der Waals surface area contributed by atoms with E-state index in [2.05, 4.69) is 4.74 Å². The Hall–Kier alpha value is -3.30. The van der Waals surface area contributed by atoms with Crippen LogP contribution in [0.4, 0.5) is 13.2 Å². The largest absolute Gasteiger partial charge is 0.432 e. The monoisotopic (exact) mass is 415 g/mol. The highest BCUT2D eigenvalue weighted by Gasteiger charge is 2.22. The van der Waals surface area contributed by atoms with Crippen molar-refractivity contribution in [2.45, 2.75) is 12.5 Å². The van der Waals surface area contributed by atoms with Gasteiger partial charge in [0.1, 0.15) is 6.29 Å². The second-order valence-electron chi connectivity index (χ2n) is 6.05. The van der Waals surface area contributed by atoms with Crippen molar-refractivity contribution in [2.24, 2.45) is 0 Å². The fourth-order valence-corrected chi connectivity index (χ4v) is 3.25. The minimum absolute atomic E-state index is 0.0936. The minimum atomic E-state index is -3.23. The average Bonchev–Trinajstić information content (AvgIpc) is 2.72. The second kappa shape index (κ2) is 8.80. The van der Waals surface area contributed by atoms with Gasteiger partial charge in [0, 0.05) is 16.1 Å². The number of nitriles is 1. The lowest BCUT2D eigenvalue weighted by molar-refractivity contribution is -0.108. The van der Waals surface area contributed by atoms with Crippen LogP contribution in [0.5, 0.6) is 5.75 Å². The van der Waals surface area contributed by atoms with Gasteiger partial charge in [0.15, 0.2) is 11.6 Å². The third-order valence-electron chi connectivity index (χ3n) is 4.36. The van der Waals surface area contributed by atoms with Crippen molar-refractivity contribution in [1.82, 2.24) is 0 Å². The van der Waals surface area contributed by atoms with Crippen molar-refractivity contribution in [1.29, 1.82) is 5.26 Å². The van der Waals surface area contributed by atoms with E-state index in [-0.39, 0.29) is 21.7 Å². The van der Waals surface area contributed by atoms with Gasteiger partial charge < -0.3 is 9.53 Å². The summed E-state index contributed by atoms with van der Waals surface area (Å²) < 4.78 is 44.3. The maximum atomic E-state index is 14.9. The van der Waals surface area contributed by atoms with Crippen LogP contribution in [0.15, 0.2) is 60.7 Å². The second-order valence-corrected chi connectivity index (χ2v) is 6.46. The molecule has 3 rings (SSSR count). The molecular weight excluding hydrogens is 403 g/mol. The van der Waals surface area contributed by atoms with Gasteiger partial charge in [-0.25, -0.2) is 4.39 Å². The van der Waals surface area contributed by atoms with Crippen molar-refractivity contribution < 1.29 is 22.7 Å². The number of aldehydes is 1. The smallest absolute Gasteiger partial charge is 0.387 e. The first kappa shape index (κ1) is 20.4. The first-order valence-corrected chi connectivity index (χ1v) is 8.81. The normalized spacial score (nSPS) is 11.7. The topological polar surface area (TPSA) is 50.1 Å². The van der Waals surface area contributed by atoms with E-state index in [4.69, 9.17) is 11.6 Å². The number of carbonyl (C=O) groups is 1. The Kier molecular flexibility index (Phi) is 6.20. The summed E-state index contributed by atoms with van der Waals surface area (Å²) in [5.41, 5.74) is 0.946. The molecule has 0 spiro atoms.